The third-order valence-corrected chi connectivity index (χ3v) is 3.49. The zero-order valence-corrected chi connectivity index (χ0v) is 9.37. The number of aliphatic hydroxyl groups is 1. The third-order valence-electron chi connectivity index (χ3n) is 1.30. The predicted molar refractivity (Wildman–Crippen MR) is 52.8 cm³/mol. The van der Waals surface area contributed by atoms with E-state index in [1.54, 1.807) is 12.1 Å². The van der Waals surface area contributed by atoms with E-state index in [0.29, 0.717) is 5.02 Å². The summed E-state index contributed by atoms with van der Waals surface area (Å²) in [5, 5.41) is 9.51. The van der Waals surface area contributed by atoms with Gasteiger partial charge in [0.05, 0.1) is 11.6 Å². The first kappa shape index (κ1) is 9.52. The number of hydrogen-bond donors (Lipinski definition) is 1. The summed E-state index contributed by atoms with van der Waals surface area (Å²) in [6.07, 6.45) is 0. The molecule has 0 heterocycles. The number of rotatable bonds is 1. The molecular weight excluding hydrogens is 295 g/mol. The Hall–Kier alpha value is 0.430. The second-order valence-corrected chi connectivity index (χ2v) is 4.03. The van der Waals surface area contributed by atoms with Crippen LogP contribution in [0.5, 0.6) is 0 Å². The van der Waals surface area contributed by atoms with Crippen LogP contribution in [0.2, 0.25) is 5.02 Å². The van der Waals surface area contributed by atoms with Gasteiger partial charge in [-0.1, -0.05) is 27.5 Å². The molecule has 0 spiro atoms. The number of halogens is 3. The van der Waals surface area contributed by atoms with Gasteiger partial charge in [0.1, 0.15) is 0 Å². The smallest absolute Gasteiger partial charge is 0.0704 e. The van der Waals surface area contributed by atoms with Crippen molar-refractivity contribution < 1.29 is 5.11 Å². The molecule has 0 aromatic heterocycles. The molecule has 4 heteroatoms. The zero-order valence-electron chi connectivity index (χ0n) is 5.44. The molecule has 1 aromatic rings. The maximum absolute atomic E-state index is 8.91. The van der Waals surface area contributed by atoms with Crippen LogP contribution in [0.1, 0.15) is 5.56 Å². The van der Waals surface area contributed by atoms with Gasteiger partial charge in [-0.25, -0.2) is 0 Å². The summed E-state index contributed by atoms with van der Waals surface area (Å²) in [5.74, 6) is 0. The minimum Gasteiger partial charge on any atom is -0.392 e. The topological polar surface area (TPSA) is 20.2 Å². The van der Waals surface area contributed by atoms with E-state index in [1.165, 1.54) is 0 Å². The van der Waals surface area contributed by atoms with E-state index in [9.17, 15) is 0 Å². The maximum Gasteiger partial charge on any atom is 0.0704 e. The fraction of sp³-hybridized carbons (Fsp3) is 0.143. The first-order valence-corrected chi connectivity index (χ1v) is 4.86. The van der Waals surface area contributed by atoms with Crippen molar-refractivity contribution in [2.45, 2.75) is 6.61 Å². The van der Waals surface area contributed by atoms with Crippen LogP contribution in [0.15, 0.2) is 21.1 Å². The van der Waals surface area contributed by atoms with Crippen molar-refractivity contribution in [1.82, 2.24) is 0 Å². The molecule has 1 nitrogen and oxygen atoms in total. The molecule has 11 heavy (non-hydrogen) atoms. The Bertz CT molecular complexity index is 275. The van der Waals surface area contributed by atoms with E-state index in [4.69, 9.17) is 16.7 Å². The van der Waals surface area contributed by atoms with Crippen molar-refractivity contribution in [3.05, 3.63) is 31.7 Å². The molecule has 1 rings (SSSR count). The molecule has 1 N–H and O–H groups in total. The molecule has 0 bridgehead atoms. The molecular formula is C7H5Br2ClO. The van der Waals surface area contributed by atoms with Gasteiger partial charge in [0.15, 0.2) is 0 Å². The molecule has 60 valence electrons. The Labute approximate surface area is 86.6 Å². The van der Waals surface area contributed by atoms with E-state index in [1.807, 2.05) is 0 Å². The van der Waals surface area contributed by atoms with Crippen LogP contribution in [0.25, 0.3) is 0 Å². The monoisotopic (exact) mass is 298 g/mol. The van der Waals surface area contributed by atoms with Crippen molar-refractivity contribution >= 4 is 43.5 Å². The van der Waals surface area contributed by atoms with Crippen LogP contribution in [0, 0.1) is 0 Å². The molecule has 0 unspecified atom stereocenters. The molecule has 1 aromatic carbocycles. The molecule has 0 atom stereocenters. The van der Waals surface area contributed by atoms with Gasteiger partial charge >= 0.3 is 0 Å². The highest BCUT2D eigenvalue weighted by atomic mass is 79.9. The highest BCUT2D eigenvalue weighted by Crippen LogP contribution is 2.31. The van der Waals surface area contributed by atoms with Gasteiger partial charge in [-0.05, 0) is 28.1 Å². The lowest BCUT2D eigenvalue weighted by Crippen LogP contribution is -1.87. The van der Waals surface area contributed by atoms with Crippen LogP contribution < -0.4 is 0 Å². The number of aliphatic hydroxyl groups excluding tert-OH is 1. The minimum absolute atomic E-state index is 0.0261. The number of hydrogen-bond acceptors (Lipinski definition) is 1. The van der Waals surface area contributed by atoms with Crippen LogP contribution in [0.3, 0.4) is 0 Å². The van der Waals surface area contributed by atoms with E-state index in [2.05, 4.69) is 31.9 Å². The fourth-order valence-electron chi connectivity index (χ4n) is 0.714. The molecule has 0 aliphatic heterocycles. The van der Waals surface area contributed by atoms with Crippen molar-refractivity contribution in [1.29, 1.82) is 0 Å². The van der Waals surface area contributed by atoms with Crippen LogP contribution in [-0.2, 0) is 6.61 Å². The lowest BCUT2D eigenvalue weighted by molar-refractivity contribution is 0.280. The lowest BCUT2D eigenvalue weighted by Gasteiger charge is -2.04. The van der Waals surface area contributed by atoms with Gasteiger partial charge < -0.3 is 5.11 Å². The summed E-state index contributed by atoms with van der Waals surface area (Å²) in [5.41, 5.74) is 0.775. The highest BCUT2D eigenvalue weighted by Gasteiger charge is 2.06. The molecule has 0 fully saturated rings. The Balaban J connectivity index is 3.29. The quantitative estimate of drug-likeness (QED) is 0.789. The lowest BCUT2D eigenvalue weighted by atomic mass is 10.2. The van der Waals surface area contributed by atoms with E-state index in [-0.39, 0.29) is 6.61 Å². The van der Waals surface area contributed by atoms with Crippen molar-refractivity contribution in [2.75, 3.05) is 0 Å². The maximum atomic E-state index is 8.91. The first-order valence-electron chi connectivity index (χ1n) is 2.90. The van der Waals surface area contributed by atoms with E-state index in [0.717, 1.165) is 14.5 Å². The Kier molecular flexibility index (Phi) is 3.37. The summed E-state index contributed by atoms with van der Waals surface area (Å²) in [6, 6.07) is 3.56. The van der Waals surface area contributed by atoms with E-state index < -0.39 is 0 Å². The fourth-order valence-corrected chi connectivity index (χ4v) is 2.08. The summed E-state index contributed by atoms with van der Waals surface area (Å²) in [7, 11) is 0. The average Bonchev–Trinajstić information content (AvgIpc) is 1.99. The molecule has 0 saturated carbocycles. The Morgan fingerprint density at radius 1 is 1.36 bits per heavy atom. The standard InChI is InChI=1S/C7H5Br2ClO/c8-5-1-2-6(10)7(9)4(5)3-11/h1-2,11H,3H2. The molecule has 0 aliphatic carbocycles. The van der Waals surface area contributed by atoms with Gasteiger partial charge in [-0.15, -0.1) is 0 Å². The van der Waals surface area contributed by atoms with Crippen LogP contribution in [-0.4, -0.2) is 5.11 Å². The molecule has 0 radical (unpaired) electrons. The third kappa shape index (κ3) is 1.96. The predicted octanol–water partition coefficient (Wildman–Crippen LogP) is 3.36. The summed E-state index contributed by atoms with van der Waals surface area (Å²) >= 11 is 12.3. The summed E-state index contributed by atoms with van der Waals surface area (Å²) in [6.45, 7) is -0.0261. The van der Waals surface area contributed by atoms with Crippen molar-refractivity contribution in [3.63, 3.8) is 0 Å². The zero-order chi connectivity index (χ0) is 8.43. The first-order chi connectivity index (χ1) is 5.16. The van der Waals surface area contributed by atoms with Gasteiger partial charge in [0.25, 0.3) is 0 Å². The van der Waals surface area contributed by atoms with E-state index >= 15 is 0 Å². The van der Waals surface area contributed by atoms with Gasteiger partial charge in [0.2, 0.25) is 0 Å². The second kappa shape index (κ2) is 3.90. The minimum atomic E-state index is -0.0261. The normalized spacial score (nSPS) is 10.2. The van der Waals surface area contributed by atoms with Crippen LogP contribution >= 0.6 is 43.5 Å². The number of benzene rings is 1. The highest BCUT2D eigenvalue weighted by molar-refractivity contribution is 9.11. The van der Waals surface area contributed by atoms with Gasteiger partial charge in [0, 0.05) is 14.5 Å². The average molecular weight is 300 g/mol. The summed E-state index contributed by atoms with van der Waals surface area (Å²) in [4.78, 5) is 0. The summed E-state index contributed by atoms with van der Waals surface area (Å²) < 4.78 is 1.60. The molecule has 0 amide bonds. The Morgan fingerprint density at radius 2 is 2.00 bits per heavy atom. The van der Waals surface area contributed by atoms with Gasteiger partial charge in [-0.3, -0.25) is 0 Å². The van der Waals surface area contributed by atoms with Crippen molar-refractivity contribution in [2.24, 2.45) is 0 Å². The SMILES string of the molecule is OCc1c(Br)ccc(Cl)c1Br. The second-order valence-electron chi connectivity index (χ2n) is 1.98. The molecule has 0 aliphatic rings. The van der Waals surface area contributed by atoms with Gasteiger partial charge in [-0.2, -0.15) is 0 Å². The van der Waals surface area contributed by atoms with Crippen LogP contribution in [0.4, 0.5) is 0 Å². The largest absolute Gasteiger partial charge is 0.392 e. The van der Waals surface area contributed by atoms with Crippen molar-refractivity contribution in [3.8, 4) is 0 Å². The Morgan fingerprint density at radius 3 is 2.45 bits per heavy atom. The molecule has 0 saturated heterocycles.